The molecule has 0 spiro atoms. The number of amides is 1. The van der Waals surface area contributed by atoms with Crippen molar-refractivity contribution in [2.75, 3.05) is 0 Å². The molecule has 0 saturated carbocycles. The summed E-state index contributed by atoms with van der Waals surface area (Å²) in [6, 6.07) is 21.5. The zero-order valence-electron chi connectivity index (χ0n) is 16.6. The standard InChI is InChI=1S/C24H20ClN3O3/c25-19-9-6-17(7-10-19)15-26-22(29)18-8-11-20-21(14-18)27-24(31)28(23(20)30)13-12-16-4-2-1-3-5-16/h1-11,14H,12-13,15H2,(H,26,29)(H,27,31). The van der Waals surface area contributed by atoms with E-state index in [0.29, 0.717) is 34.5 Å². The molecule has 0 aliphatic heterocycles. The number of carbonyl (C=O) groups is 1. The first-order valence-corrected chi connectivity index (χ1v) is 10.2. The van der Waals surface area contributed by atoms with Gasteiger partial charge < -0.3 is 10.3 Å². The van der Waals surface area contributed by atoms with Crippen LogP contribution in [0.3, 0.4) is 0 Å². The molecule has 0 radical (unpaired) electrons. The number of nitrogens with one attached hydrogen (secondary N) is 2. The molecule has 1 aromatic heterocycles. The summed E-state index contributed by atoms with van der Waals surface area (Å²) in [7, 11) is 0. The predicted molar refractivity (Wildman–Crippen MR) is 122 cm³/mol. The number of benzene rings is 3. The summed E-state index contributed by atoms with van der Waals surface area (Å²) >= 11 is 5.87. The van der Waals surface area contributed by atoms with Crippen LogP contribution in [0.4, 0.5) is 0 Å². The number of aromatic nitrogens is 2. The monoisotopic (exact) mass is 433 g/mol. The third-order valence-electron chi connectivity index (χ3n) is 5.08. The Morgan fingerprint density at radius 1 is 0.935 bits per heavy atom. The Morgan fingerprint density at radius 3 is 2.42 bits per heavy atom. The second kappa shape index (κ2) is 9.02. The predicted octanol–water partition coefficient (Wildman–Crippen LogP) is 3.52. The summed E-state index contributed by atoms with van der Waals surface area (Å²) in [6.45, 7) is 0.614. The molecule has 7 heteroatoms. The molecular weight excluding hydrogens is 414 g/mol. The van der Waals surface area contributed by atoms with E-state index in [1.54, 1.807) is 24.3 Å². The van der Waals surface area contributed by atoms with Gasteiger partial charge in [-0.25, -0.2) is 4.79 Å². The average Bonchev–Trinajstić information content (AvgIpc) is 2.78. The Balaban J connectivity index is 1.53. The van der Waals surface area contributed by atoms with Crippen LogP contribution in [0, 0.1) is 0 Å². The number of halogens is 1. The van der Waals surface area contributed by atoms with E-state index < -0.39 is 5.69 Å². The van der Waals surface area contributed by atoms with Gasteiger partial charge in [0.25, 0.3) is 11.5 Å². The van der Waals surface area contributed by atoms with Gasteiger partial charge in [0.2, 0.25) is 0 Å². The number of hydrogen-bond donors (Lipinski definition) is 2. The maximum Gasteiger partial charge on any atom is 0.328 e. The van der Waals surface area contributed by atoms with E-state index in [-0.39, 0.29) is 18.0 Å². The fourth-order valence-electron chi connectivity index (χ4n) is 3.37. The molecule has 0 fully saturated rings. The minimum atomic E-state index is -0.493. The Morgan fingerprint density at radius 2 is 1.68 bits per heavy atom. The van der Waals surface area contributed by atoms with Crippen molar-refractivity contribution < 1.29 is 4.79 Å². The van der Waals surface area contributed by atoms with E-state index in [9.17, 15) is 14.4 Å². The molecule has 156 valence electrons. The van der Waals surface area contributed by atoms with E-state index in [1.165, 1.54) is 10.6 Å². The van der Waals surface area contributed by atoms with Gasteiger partial charge in [-0.15, -0.1) is 0 Å². The largest absolute Gasteiger partial charge is 0.348 e. The summed E-state index contributed by atoms with van der Waals surface area (Å²) in [6.07, 6.45) is 0.570. The molecule has 0 atom stereocenters. The minimum Gasteiger partial charge on any atom is -0.348 e. The van der Waals surface area contributed by atoms with Crippen LogP contribution in [0.2, 0.25) is 5.02 Å². The van der Waals surface area contributed by atoms with Crippen LogP contribution < -0.4 is 16.6 Å². The van der Waals surface area contributed by atoms with Crippen LogP contribution in [0.5, 0.6) is 0 Å². The Hall–Kier alpha value is -3.64. The van der Waals surface area contributed by atoms with Crippen LogP contribution in [0.25, 0.3) is 10.9 Å². The normalized spacial score (nSPS) is 10.9. The number of aromatic amines is 1. The second-order valence-electron chi connectivity index (χ2n) is 7.19. The summed E-state index contributed by atoms with van der Waals surface area (Å²) in [5, 5.41) is 3.81. The molecule has 0 aliphatic rings. The lowest BCUT2D eigenvalue weighted by Crippen LogP contribution is -2.35. The molecule has 4 aromatic rings. The molecule has 0 saturated heterocycles. The molecule has 3 aromatic carbocycles. The van der Waals surface area contributed by atoms with Crippen LogP contribution in [0.1, 0.15) is 21.5 Å². The zero-order valence-corrected chi connectivity index (χ0v) is 17.4. The minimum absolute atomic E-state index is 0.275. The highest BCUT2D eigenvalue weighted by atomic mass is 35.5. The second-order valence-corrected chi connectivity index (χ2v) is 7.63. The average molecular weight is 434 g/mol. The number of hydrogen-bond acceptors (Lipinski definition) is 3. The Kier molecular flexibility index (Phi) is 6.00. The van der Waals surface area contributed by atoms with E-state index in [4.69, 9.17) is 11.6 Å². The van der Waals surface area contributed by atoms with Gasteiger partial charge in [0.15, 0.2) is 0 Å². The SMILES string of the molecule is O=C(NCc1ccc(Cl)cc1)c1ccc2c(=O)n(CCc3ccccc3)c(=O)[nH]c2c1. The number of fused-ring (bicyclic) bond motifs is 1. The van der Waals surface area contributed by atoms with Gasteiger partial charge >= 0.3 is 5.69 Å². The van der Waals surface area contributed by atoms with Crippen LogP contribution >= 0.6 is 11.6 Å². The summed E-state index contributed by atoms with van der Waals surface area (Å²) in [5.41, 5.74) is 1.79. The van der Waals surface area contributed by atoms with Gasteiger partial charge in [-0.05, 0) is 47.9 Å². The molecule has 0 aliphatic carbocycles. The van der Waals surface area contributed by atoms with Crippen molar-refractivity contribution in [3.63, 3.8) is 0 Å². The molecule has 2 N–H and O–H groups in total. The van der Waals surface area contributed by atoms with Gasteiger partial charge in [-0.2, -0.15) is 0 Å². The summed E-state index contributed by atoms with van der Waals surface area (Å²) < 4.78 is 1.19. The van der Waals surface area contributed by atoms with Gasteiger partial charge in [0.05, 0.1) is 10.9 Å². The first-order chi connectivity index (χ1) is 15.0. The third kappa shape index (κ3) is 4.75. The van der Waals surface area contributed by atoms with Crippen LogP contribution in [-0.2, 0) is 19.5 Å². The van der Waals surface area contributed by atoms with Gasteiger partial charge in [0.1, 0.15) is 0 Å². The quantitative estimate of drug-likeness (QED) is 0.488. The first-order valence-electron chi connectivity index (χ1n) is 9.85. The summed E-state index contributed by atoms with van der Waals surface area (Å²) in [5.74, 6) is -0.300. The van der Waals surface area contributed by atoms with E-state index in [0.717, 1.165) is 11.1 Å². The maximum absolute atomic E-state index is 12.8. The van der Waals surface area contributed by atoms with Gasteiger partial charge in [-0.1, -0.05) is 54.1 Å². The molecule has 1 heterocycles. The lowest BCUT2D eigenvalue weighted by molar-refractivity contribution is 0.0951. The summed E-state index contributed by atoms with van der Waals surface area (Å²) in [4.78, 5) is 40.5. The lowest BCUT2D eigenvalue weighted by Gasteiger charge is -2.09. The molecule has 1 amide bonds. The van der Waals surface area contributed by atoms with Crippen LogP contribution in [0.15, 0.2) is 82.4 Å². The molecule has 6 nitrogen and oxygen atoms in total. The molecular formula is C24H20ClN3O3. The number of nitrogens with zero attached hydrogens (tertiary/aromatic N) is 1. The number of carbonyl (C=O) groups excluding carboxylic acids is 1. The smallest absolute Gasteiger partial charge is 0.328 e. The number of aryl methyl sites for hydroxylation is 1. The van der Waals surface area contributed by atoms with E-state index in [2.05, 4.69) is 10.3 Å². The maximum atomic E-state index is 12.8. The van der Waals surface area contributed by atoms with Crippen molar-refractivity contribution in [3.05, 3.63) is 115 Å². The van der Waals surface area contributed by atoms with Crippen molar-refractivity contribution in [2.24, 2.45) is 0 Å². The van der Waals surface area contributed by atoms with Crippen LogP contribution in [-0.4, -0.2) is 15.5 Å². The topological polar surface area (TPSA) is 84.0 Å². The fraction of sp³-hybridized carbons (Fsp3) is 0.125. The van der Waals surface area contributed by atoms with E-state index in [1.807, 2.05) is 42.5 Å². The Bertz CT molecular complexity index is 1340. The van der Waals surface area contributed by atoms with Crippen molar-refractivity contribution in [1.82, 2.24) is 14.9 Å². The highest BCUT2D eigenvalue weighted by molar-refractivity contribution is 6.30. The van der Waals surface area contributed by atoms with Crippen molar-refractivity contribution in [3.8, 4) is 0 Å². The van der Waals surface area contributed by atoms with E-state index >= 15 is 0 Å². The first kappa shape index (κ1) is 20.6. The van der Waals surface area contributed by atoms with Crippen molar-refractivity contribution in [2.45, 2.75) is 19.5 Å². The lowest BCUT2D eigenvalue weighted by atomic mass is 10.1. The molecule has 0 unspecified atom stereocenters. The van der Waals surface area contributed by atoms with Crippen molar-refractivity contribution >= 4 is 28.4 Å². The third-order valence-corrected chi connectivity index (χ3v) is 5.33. The zero-order chi connectivity index (χ0) is 21.8. The number of H-pyrrole nitrogens is 1. The molecule has 31 heavy (non-hydrogen) atoms. The van der Waals surface area contributed by atoms with Gasteiger partial charge in [-0.3, -0.25) is 14.2 Å². The fourth-order valence-corrected chi connectivity index (χ4v) is 3.50. The molecule has 0 bridgehead atoms. The highest BCUT2D eigenvalue weighted by Gasteiger charge is 2.11. The van der Waals surface area contributed by atoms with Crippen molar-refractivity contribution in [1.29, 1.82) is 0 Å². The number of rotatable bonds is 6. The molecule has 4 rings (SSSR count). The Labute approximate surface area is 183 Å². The highest BCUT2D eigenvalue weighted by Crippen LogP contribution is 2.12. The van der Waals surface area contributed by atoms with Gasteiger partial charge in [0, 0.05) is 23.7 Å².